The molecule has 0 amide bonds. The maximum Gasteiger partial charge on any atom is 0.316 e. The number of hydrogen-bond acceptors (Lipinski definition) is 7. The Kier molecular flexibility index (Phi) is 3.96. The second-order valence-corrected chi connectivity index (χ2v) is 7.00. The summed E-state index contributed by atoms with van der Waals surface area (Å²) >= 11 is 0. The number of aromatic nitrogens is 4. The average molecular weight is 336 g/mol. The van der Waals surface area contributed by atoms with Crippen molar-refractivity contribution in [2.75, 3.05) is 24.6 Å². The van der Waals surface area contributed by atoms with Crippen LogP contribution < -0.4 is 9.64 Å². The van der Waals surface area contributed by atoms with E-state index in [4.69, 9.17) is 4.74 Å². The molecule has 2 aliphatic rings. The maximum atomic E-state index is 9.30. The Hall–Kier alpha value is -2.75. The van der Waals surface area contributed by atoms with Crippen LogP contribution in [0.2, 0.25) is 0 Å². The van der Waals surface area contributed by atoms with Gasteiger partial charge in [0, 0.05) is 43.3 Å². The Labute approximate surface area is 146 Å². The lowest BCUT2D eigenvalue weighted by atomic mass is 9.82. The predicted molar refractivity (Wildman–Crippen MR) is 91.0 cm³/mol. The van der Waals surface area contributed by atoms with E-state index < -0.39 is 0 Å². The van der Waals surface area contributed by atoms with E-state index in [1.165, 1.54) is 12.8 Å². The van der Waals surface area contributed by atoms with Crippen molar-refractivity contribution in [1.82, 2.24) is 19.9 Å². The minimum absolute atomic E-state index is 0.0679. The molecule has 2 aromatic heterocycles. The van der Waals surface area contributed by atoms with Crippen molar-refractivity contribution in [2.24, 2.45) is 11.3 Å². The van der Waals surface area contributed by atoms with Crippen LogP contribution in [0.15, 0.2) is 24.8 Å². The summed E-state index contributed by atoms with van der Waals surface area (Å²) in [5.41, 5.74) is 1.47. The Morgan fingerprint density at radius 1 is 1.28 bits per heavy atom. The molecule has 3 heterocycles. The smallest absolute Gasteiger partial charge is 0.316 e. The lowest BCUT2D eigenvalue weighted by Gasteiger charge is -2.28. The van der Waals surface area contributed by atoms with Gasteiger partial charge in [0.2, 0.25) is 0 Å². The summed E-state index contributed by atoms with van der Waals surface area (Å²) in [5, 5.41) is 9.30. The number of hydrogen-bond donors (Lipinski definition) is 0. The van der Waals surface area contributed by atoms with Gasteiger partial charge in [-0.05, 0) is 31.2 Å². The first-order valence-electron chi connectivity index (χ1n) is 8.58. The monoisotopic (exact) mass is 336 g/mol. The van der Waals surface area contributed by atoms with Gasteiger partial charge in [-0.3, -0.25) is 0 Å². The molecule has 1 aliphatic carbocycles. The number of nitriles is 1. The van der Waals surface area contributed by atoms with Gasteiger partial charge in [-0.2, -0.15) is 5.26 Å². The molecule has 0 radical (unpaired) electrons. The summed E-state index contributed by atoms with van der Waals surface area (Å²) in [6, 6.07) is 2.58. The van der Waals surface area contributed by atoms with Crippen LogP contribution in [0, 0.1) is 29.6 Å². The van der Waals surface area contributed by atoms with E-state index in [0.29, 0.717) is 30.0 Å². The zero-order chi connectivity index (χ0) is 17.3. The van der Waals surface area contributed by atoms with Crippen LogP contribution >= 0.6 is 0 Å². The highest BCUT2D eigenvalue weighted by Gasteiger charge is 2.50. The van der Waals surface area contributed by atoms with Gasteiger partial charge < -0.3 is 9.64 Å². The van der Waals surface area contributed by atoms with Crippen LogP contribution in [0.1, 0.15) is 30.5 Å². The highest BCUT2D eigenvalue weighted by atomic mass is 16.5. The van der Waals surface area contributed by atoms with Crippen LogP contribution in [0.25, 0.3) is 0 Å². The van der Waals surface area contributed by atoms with Gasteiger partial charge in [0.15, 0.2) is 11.5 Å². The molecule has 7 heteroatoms. The first-order chi connectivity index (χ1) is 12.2. The Balaban J connectivity index is 1.52. The number of rotatable bonds is 4. The molecule has 1 saturated heterocycles. The average Bonchev–Trinajstić information content (AvgIpc) is 3.18. The third kappa shape index (κ3) is 2.88. The van der Waals surface area contributed by atoms with E-state index in [2.05, 4.69) is 30.9 Å². The van der Waals surface area contributed by atoms with Crippen molar-refractivity contribution in [1.29, 1.82) is 5.26 Å². The van der Waals surface area contributed by atoms with Crippen molar-refractivity contribution in [3.8, 4) is 12.1 Å². The lowest BCUT2D eigenvalue weighted by Crippen LogP contribution is -2.34. The van der Waals surface area contributed by atoms with Crippen LogP contribution in [0.3, 0.4) is 0 Å². The zero-order valence-electron chi connectivity index (χ0n) is 14.2. The van der Waals surface area contributed by atoms with Gasteiger partial charge in [-0.1, -0.05) is 6.42 Å². The number of ether oxygens (including phenoxy) is 1. The fraction of sp³-hybridized carbons (Fsp3) is 0.500. The third-order valence-electron chi connectivity index (χ3n) is 5.37. The van der Waals surface area contributed by atoms with Gasteiger partial charge in [-0.25, -0.2) is 19.9 Å². The minimum Gasteiger partial charge on any atom is -0.463 e. The predicted octanol–water partition coefficient (Wildman–Crippen LogP) is 2.13. The molecule has 0 spiro atoms. The Morgan fingerprint density at radius 3 is 2.88 bits per heavy atom. The van der Waals surface area contributed by atoms with Crippen LogP contribution in [0.5, 0.6) is 6.01 Å². The van der Waals surface area contributed by atoms with E-state index in [1.54, 1.807) is 24.8 Å². The van der Waals surface area contributed by atoms with Crippen molar-refractivity contribution < 1.29 is 4.74 Å². The molecule has 0 aromatic carbocycles. The summed E-state index contributed by atoms with van der Waals surface area (Å²) in [6.45, 7) is 4.28. The van der Waals surface area contributed by atoms with Crippen LogP contribution in [0.4, 0.5) is 5.82 Å². The van der Waals surface area contributed by atoms with E-state index in [-0.39, 0.29) is 5.41 Å². The minimum atomic E-state index is 0.0679. The molecule has 1 aliphatic heterocycles. The number of fused-ring (bicyclic) bond motifs is 1. The fourth-order valence-corrected chi connectivity index (χ4v) is 4.12. The van der Waals surface area contributed by atoms with E-state index in [9.17, 15) is 5.26 Å². The second-order valence-electron chi connectivity index (χ2n) is 7.00. The molecule has 1 saturated carbocycles. The molecule has 2 unspecified atom stereocenters. The summed E-state index contributed by atoms with van der Waals surface area (Å²) in [6.07, 6.45) is 10.2. The summed E-state index contributed by atoms with van der Waals surface area (Å²) in [4.78, 5) is 19.2. The quantitative estimate of drug-likeness (QED) is 0.845. The zero-order valence-corrected chi connectivity index (χ0v) is 14.2. The number of nitrogens with zero attached hydrogens (tertiary/aromatic N) is 6. The molecule has 0 bridgehead atoms. The van der Waals surface area contributed by atoms with Crippen LogP contribution in [-0.4, -0.2) is 39.6 Å². The van der Waals surface area contributed by atoms with E-state index >= 15 is 0 Å². The van der Waals surface area contributed by atoms with Gasteiger partial charge >= 0.3 is 6.01 Å². The lowest BCUT2D eigenvalue weighted by molar-refractivity contribution is 0.130. The largest absolute Gasteiger partial charge is 0.463 e. The first kappa shape index (κ1) is 15.8. The standard InChI is InChI=1S/C18H20N6O/c1-13-8-22-17(23-9-13)25-12-18-4-2-3-14(18)10-24(11-18)16-15(7-19)20-5-6-21-16/h5-6,8-9,14H,2-4,10-12H2,1H3. The first-order valence-corrected chi connectivity index (χ1v) is 8.58. The molecule has 2 fully saturated rings. The number of aryl methyl sites for hydroxylation is 1. The van der Waals surface area contributed by atoms with Crippen molar-refractivity contribution >= 4 is 5.82 Å². The molecule has 25 heavy (non-hydrogen) atoms. The van der Waals surface area contributed by atoms with Gasteiger partial charge in [0.05, 0.1) is 6.61 Å². The molecule has 2 aromatic rings. The normalized spacial score (nSPS) is 24.8. The van der Waals surface area contributed by atoms with Crippen molar-refractivity contribution in [3.05, 3.63) is 36.0 Å². The topological polar surface area (TPSA) is 87.8 Å². The third-order valence-corrected chi connectivity index (χ3v) is 5.37. The molecule has 7 nitrogen and oxygen atoms in total. The highest BCUT2D eigenvalue weighted by molar-refractivity contribution is 5.51. The van der Waals surface area contributed by atoms with Gasteiger partial charge in [0.1, 0.15) is 6.07 Å². The van der Waals surface area contributed by atoms with Crippen molar-refractivity contribution in [3.63, 3.8) is 0 Å². The molecule has 128 valence electrons. The Bertz CT molecular complexity index is 802. The SMILES string of the molecule is Cc1cnc(OCC23CCCC2CN(c2nccnc2C#N)C3)nc1. The van der Waals surface area contributed by atoms with E-state index in [1.807, 2.05) is 6.92 Å². The summed E-state index contributed by atoms with van der Waals surface area (Å²) in [7, 11) is 0. The summed E-state index contributed by atoms with van der Waals surface area (Å²) in [5.74, 6) is 1.22. The Morgan fingerprint density at radius 2 is 2.08 bits per heavy atom. The maximum absolute atomic E-state index is 9.30. The fourth-order valence-electron chi connectivity index (χ4n) is 4.12. The number of anilines is 1. The second kappa shape index (κ2) is 6.28. The molecule has 0 N–H and O–H groups in total. The highest BCUT2D eigenvalue weighted by Crippen LogP contribution is 2.49. The molecule has 4 rings (SSSR count). The molecular formula is C18H20N6O. The van der Waals surface area contributed by atoms with Crippen LogP contribution in [-0.2, 0) is 0 Å². The van der Waals surface area contributed by atoms with Crippen molar-refractivity contribution in [2.45, 2.75) is 26.2 Å². The molecular weight excluding hydrogens is 316 g/mol. The van der Waals surface area contributed by atoms with E-state index in [0.717, 1.165) is 25.1 Å². The van der Waals surface area contributed by atoms with Gasteiger partial charge in [-0.15, -0.1) is 0 Å². The summed E-state index contributed by atoms with van der Waals surface area (Å²) < 4.78 is 5.94. The van der Waals surface area contributed by atoms with Gasteiger partial charge in [0.25, 0.3) is 0 Å². The molecule has 2 atom stereocenters.